The second-order valence-corrected chi connectivity index (χ2v) is 6.52. The van der Waals surface area contributed by atoms with Gasteiger partial charge in [0.05, 0.1) is 5.02 Å². The van der Waals surface area contributed by atoms with Crippen LogP contribution in [0, 0.1) is 0 Å². The van der Waals surface area contributed by atoms with Crippen molar-refractivity contribution >= 4 is 33.4 Å². The van der Waals surface area contributed by atoms with E-state index in [0.29, 0.717) is 0 Å². The minimum absolute atomic E-state index is 0.0299. The summed E-state index contributed by atoms with van der Waals surface area (Å²) in [6, 6.07) is 10.2. The molecule has 0 radical (unpaired) electrons. The highest BCUT2D eigenvalue weighted by atomic mass is 35.5. The molecular weight excluding hydrogens is 328 g/mol. The highest BCUT2D eigenvalue weighted by Gasteiger charge is 2.27. The van der Waals surface area contributed by atoms with Gasteiger partial charge in [0.25, 0.3) is 10.0 Å². The fourth-order valence-electron chi connectivity index (χ4n) is 1.91. The quantitative estimate of drug-likeness (QED) is 0.904. The topological polar surface area (TPSA) is 87.6 Å². The maximum Gasteiger partial charge on any atom is 0.354 e. The Labute approximate surface area is 133 Å². The zero-order valence-corrected chi connectivity index (χ0v) is 13.2. The molecule has 0 aliphatic rings. The highest BCUT2D eigenvalue weighted by molar-refractivity contribution is 7.93. The fraction of sp³-hybridized carbons (Fsp3) is 0.143. The number of carboxylic acids is 1. The van der Waals surface area contributed by atoms with Crippen molar-refractivity contribution in [2.24, 2.45) is 0 Å². The van der Waals surface area contributed by atoms with Crippen LogP contribution in [0.25, 0.3) is 0 Å². The maximum absolute atomic E-state index is 12.7. The van der Waals surface area contributed by atoms with Crippen LogP contribution >= 0.6 is 11.6 Å². The minimum atomic E-state index is -3.93. The smallest absolute Gasteiger partial charge is 0.354 e. The Hall–Kier alpha value is -2.12. The van der Waals surface area contributed by atoms with Crippen LogP contribution in [0.2, 0.25) is 5.02 Å². The van der Waals surface area contributed by atoms with Gasteiger partial charge in [-0.2, -0.15) is 0 Å². The van der Waals surface area contributed by atoms with Gasteiger partial charge in [0.15, 0.2) is 5.69 Å². The number of pyridine rings is 1. The first-order chi connectivity index (χ1) is 10.4. The molecule has 1 N–H and O–H groups in total. The molecule has 2 rings (SSSR count). The van der Waals surface area contributed by atoms with Crippen molar-refractivity contribution in [3.05, 3.63) is 53.2 Å². The van der Waals surface area contributed by atoms with Crippen LogP contribution in [0.1, 0.15) is 17.4 Å². The molecule has 2 aromatic rings. The first-order valence-corrected chi connectivity index (χ1v) is 8.17. The summed E-state index contributed by atoms with van der Waals surface area (Å²) >= 11 is 5.96. The standard InChI is InChI=1S/C14H13ClN2O4S/c1-2-17(13-9-5-7-11(16-13)14(18)19)22(20,21)12-8-4-3-6-10(12)15/h3-9H,2H2,1H3,(H,18,19). The number of carboxylic acid groups (broad SMARTS) is 1. The van der Waals surface area contributed by atoms with E-state index >= 15 is 0 Å². The van der Waals surface area contributed by atoms with E-state index in [1.165, 1.54) is 30.3 Å². The first kappa shape index (κ1) is 16.3. The van der Waals surface area contributed by atoms with E-state index < -0.39 is 16.0 Å². The molecular formula is C14H13ClN2O4S. The molecule has 8 heteroatoms. The summed E-state index contributed by atoms with van der Waals surface area (Å²) in [4.78, 5) is 14.8. The number of aromatic carboxylic acids is 1. The van der Waals surface area contributed by atoms with Gasteiger partial charge in [-0.15, -0.1) is 0 Å². The molecule has 0 bridgehead atoms. The average Bonchev–Trinajstić information content (AvgIpc) is 2.48. The van der Waals surface area contributed by atoms with E-state index in [1.807, 2.05) is 0 Å². The molecule has 0 spiro atoms. The Kier molecular flexibility index (Phi) is 4.68. The summed E-state index contributed by atoms with van der Waals surface area (Å²) in [5.41, 5.74) is -0.231. The van der Waals surface area contributed by atoms with Crippen LogP contribution in [0.3, 0.4) is 0 Å². The van der Waals surface area contributed by atoms with Gasteiger partial charge >= 0.3 is 5.97 Å². The fourth-order valence-corrected chi connectivity index (χ4v) is 3.83. The Morgan fingerprint density at radius 1 is 1.23 bits per heavy atom. The van der Waals surface area contributed by atoms with Gasteiger partial charge in [-0.1, -0.05) is 29.8 Å². The average molecular weight is 341 g/mol. The number of aromatic nitrogens is 1. The van der Waals surface area contributed by atoms with Crippen molar-refractivity contribution in [1.82, 2.24) is 4.98 Å². The normalized spacial score (nSPS) is 11.2. The Bertz CT molecular complexity index is 808. The molecule has 0 fully saturated rings. The molecule has 1 aromatic carbocycles. The summed E-state index contributed by atoms with van der Waals surface area (Å²) in [7, 11) is -3.93. The number of hydrogen-bond donors (Lipinski definition) is 1. The summed E-state index contributed by atoms with van der Waals surface area (Å²) in [5, 5.41) is 9.07. The van der Waals surface area contributed by atoms with E-state index in [2.05, 4.69) is 4.98 Å². The van der Waals surface area contributed by atoms with Crippen LogP contribution in [0.5, 0.6) is 0 Å². The molecule has 0 aliphatic carbocycles. The third kappa shape index (κ3) is 3.05. The zero-order valence-electron chi connectivity index (χ0n) is 11.6. The van der Waals surface area contributed by atoms with Gasteiger partial charge in [-0.05, 0) is 31.2 Å². The summed E-state index contributed by atoms with van der Waals surface area (Å²) in [6.45, 7) is 1.72. The molecule has 0 aliphatic heterocycles. The van der Waals surface area contributed by atoms with E-state index in [4.69, 9.17) is 16.7 Å². The number of nitrogens with zero attached hydrogens (tertiary/aromatic N) is 2. The van der Waals surface area contributed by atoms with E-state index in [0.717, 1.165) is 4.31 Å². The van der Waals surface area contributed by atoms with Gasteiger partial charge in [0, 0.05) is 6.54 Å². The molecule has 0 amide bonds. The summed E-state index contributed by atoms with van der Waals surface area (Å²) in [6.07, 6.45) is 0. The number of rotatable bonds is 5. The van der Waals surface area contributed by atoms with E-state index in [1.54, 1.807) is 19.1 Å². The molecule has 1 aromatic heterocycles. The monoisotopic (exact) mass is 340 g/mol. The van der Waals surface area contributed by atoms with Crippen molar-refractivity contribution < 1.29 is 18.3 Å². The highest BCUT2D eigenvalue weighted by Crippen LogP contribution is 2.27. The number of halogens is 1. The van der Waals surface area contributed by atoms with Crippen LogP contribution in [0.4, 0.5) is 5.82 Å². The SMILES string of the molecule is CCN(c1cccc(C(=O)O)n1)S(=O)(=O)c1ccccc1Cl. The number of benzene rings is 1. The first-order valence-electron chi connectivity index (χ1n) is 6.35. The molecule has 22 heavy (non-hydrogen) atoms. The number of carbonyl (C=O) groups is 1. The largest absolute Gasteiger partial charge is 0.477 e. The van der Waals surface area contributed by atoms with Crippen LogP contribution in [-0.2, 0) is 10.0 Å². The second kappa shape index (κ2) is 6.33. The van der Waals surface area contributed by atoms with Gasteiger partial charge in [0.2, 0.25) is 0 Å². The Morgan fingerprint density at radius 3 is 2.50 bits per heavy atom. The van der Waals surface area contributed by atoms with Crippen LogP contribution < -0.4 is 4.31 Å². The van der Waals surface area contributed by atoms with E-state index in [-0.39, 0.29) is 28.0 Å². The lowest BCUT2D eigenvalue weighted by atomic mass is 10.3. The van der Waals surface area contributed by atoms with Crippen LogP contribution in [-0.4, -0.2) is 31.0 Å². The molecule has 0 saturated carbocycles. The van der Waals surface area contributed by atoms with E-state index in [9.17, 15) is 13.2 Å². The van der Waals surface area contributed by atoms with Gasteiger partial charge in [0.1, 0.15) is 10.7 Å². The molecule has 6 nitrogen and oxygen atoms in total. The predicted molar refractivity (Wildman–Crippen MR) is 82.9 cm³/mol. The van der Waals surface area contributed by atoms with Crippen molar-refractivity contribution in [3.63, 3.8) is 0 Å². The van der Waals surface area contributed by atoms with Gasteiger partial charge in [-0.3, -0.25) is 0 Å². The lowest BCUT2D eigenvalue weighted by molar-refractivity contribution is 0.0690. The third-order valence-electron chi connectivity index (χ3n) is 2.90. The molecule has 1 heterocycles. The predicted octanol–water partition coefficient (Wildman–Crippen LogP) is 2.65. The third-order valence-corrected chi connectivity index (χ3v) is 5.28. The molecule has 0 unspecified atom stereocenters. The Morgan fingerprint density at radius 2 is 1.91 bits per heavy atom. The lowest BCUT2D eigenvalue weighted by Crippen LogP contribution is -2.32. The van der Waals surface area contributed by atoms with Gasteiger partial charge < -0.3 is 5.11 Å². The molecule has 0 atom stereocenters. The number of anilines is 1. The van der Waals surface area contributed by atoms with Crippen molar-refractivity contribution in [3.8, 4) is 0 Å². The van der Waals surface area contributed by atoms with Crippen molar-refractivity contribution in [1.29, 1.82) is 0 Å². The summed E-state index contributed by atoms with van der Waals surface area (Å²) < 4.78 is 26.5. The Balaban J connectivity index is 2.55. The lowest BCUT2D eigenvalue weighted by Gasteiger charge is -2.22. The maximum atomic E-state index is 12.7. The number of hydrogen-bond acceptors (Lipinski definition) is 4. The molecule has 116 valence electrons. The van der Waals surface area contributed by atoms with Crippen molar-refractivity contribution in [2.75, 3.05) is 10.8 Å². The second-order valence-electron chi connectivity index (χ2n) is 4.29. The zero-order chi connectivity index (χ0) is 16.3. The minimum Gasteiger partial charge on any atom is -0.477 e. The van der Waals surface area contributed by atoms with Crippen molar-refractivity contribution in [2.45, 2.75) is 11.8 Å². The van der Waals surface area contributed by atoms with Gasteiger partial charge in [-0.25, -0.2) is 22.5 Å². The van der Waals surface area contributed by atoms with Crippen LogP contribution in [0.15, 0.2) is 47.4 Å². The number of sulfonamides is 1. The molecule has 0 saturated heterocycles. The summed E-state index contributed by atoms with van der Waals surface area (Å²) in [5.74, 6) is -1.20.